The van der Waals surface area contributed by atoms with E-state index in [-0.39, 0.29) is 0 Å². The molecule has 0 aromatic rings. The molecular formula is C6H11NO. The van der Waals surface area contributed by atoms with Crippen LogP contribution in [-0.2, 0) is 4.79 Å². The number of hydrogen-bond donors (Lipinski definition) is 1. The molecule has 1 rings (SSSR count). The summed E-state index contributed by atoms with van der Waals surface area (Å²) < 4.78 is 0. The van der Waals surface area contributed by atoms with Crippen molar-refractivity contribution >= 4 is 6.29 Å². The van der Waals surface area contributed by atoms with Gasteiger partial charge in [0.05, 0.1) is 0 Å². The molecule has 0 amide bonds. The van der Waals surface area contributed by atoms with Gasteiger partial charge in [-0.1, -0.05) is 0 Å². The Morgan fingerprint density at radius 2 is 2.62 bits per heavy atom. The maximum absolute atomic E-state index is 9.93. The Kier molecular flexibility index (Phi) is 2.03. The predicted octanol–water partition coefficient (Wildman–Crippen LogP) is 0.185. The zero-order chi connectivity index (χ0) is 5.82. The fourth-order valence-electron chi connectivity index (χ4n) is 1.05. The minimum absolute atomic E-state index is 0.632. The van der Waals surface area contributed by atoms with Crippen LogP contribution in [0.5, 0.6) is 0 Å². The molecule has 2 heteroatoms. The SMILES string of the molecule is O=CC[C@H]1CCNC1. The van der Waals surface area contributed by atoms with E-state index in [1.54, 1.807) is 0 Å². The summed E-state index contributed by atoms with van der Waals surface area (Å²) in [7, 11) is 0. The quantitative estimate of drug-likeness (QED) is 0.518. The highest BCUT2D eigenvalue weighted by Crippen LogP contribution is 2.09. The van der Waals surface area contributed by atoms with Crippen LogP contribution < -0.4 is 5.32 Å². The van der Waals surface area contributed by atoms with E-state index in [4.69, 9.17) is 0 Å². The highest BCUT2D eigenvalue weighted by molar-refractivity contribution is 5.49. The number of rotatable bonds is 2. The lowest BCUT2D eigenvalue weighted by molar-refractivity contribution is -0.108. The first-order valence-corrected chi connectivity index (χ1v) is 3.08. The maximum atomic E-state index is 9.93. The van der Waals surface area contributed by atoms with Crippen LogP contribution in [0.25, 0.3) is 0 Å². The van der Waals surface area contributed by atoms with Gasteiger partial charge < -0.3 is 10.1 Å². The minimum Gasteiger partial charge on any atom is -0.316 e. The summed E-state index contributed by atoms with van der Waals surface area (Å²) in [6, 6.07) is 0. The molecule has 46 valence electrons. The first-order valence-electron chi connectivity index (χ1n) is 3.08. The van der Waals surface area contributed by atoms with Gasteiger partial charge in [0.1, 0.15) is 6.29 Å². The molecule has 8 heavy (non-hydrogen) atoms. The van der Waals surface area contributed by atoms with Gasteiger partial charge in [0, 0.05) is 6.42 Å². The van der Waals surface area contributed by atoms with Crippen LogP contribution in [0.15, 0.2) is 0 Å². The van der Waals surface area contributed by atoms with E-state index in [0.717, 1.165) is 25.8 Å². The largest absolute Gasteiger partial charge is 0.316 e. The van der Waals surface area contributed by atoms with Crippen LogP contribution in [0, 0.1) is 5.92 Å². The van der Waals surface area contributed by atoms with Crippen LogP contribution in [-0.4, -0.2) is 19.4 Å². The summed E-state index contributed by atoms with van der Waals surface area (Å²) in [5.41, 5.74) is 0. The van der Waals surface area contributed by atoms with Crippen molar-refractivity contribution in [3.05, 3.63) is 0 Å². The average Bonchev–Trinajstić information content (AvgIpc) is 2.19. The smallest absolute Gasteiger partial charge is 0.120 e. The summed E-state index contributed by atoms with van der Waals surface area (Å²) in [6.07, 6.45) is 2.93. The third-order valence-corrected chi connectivity index (χ3v) is 1.59. The molecule has 2 nitrogen and oxygen atoms in total. The van der Waals surface area contributed by atoms with Crippen molar-refractivity contribution in [1.82, 2.24) is 5.32 Å². The number of aldehydes is 1. The van der Waals surface area contributed by atoms with Gasteiger partial charge in [0.25, 0.3) is 0 Å². The Balaban J connectivity index is 2.14. The summed E-state index contributed by atoms with van der Waals surface area (Å²) in [5.74, 6) is 0.632. The Morgan fingerprint density at radius 3 is 3.12 bits per heavy atom. The first kappa shape index (κ1) is 5.76. The van der Waals surface area contributed by atoms with E-state index in [1.165, 1.54) is 6.42 Å². The lowest BCUT2D eigenvalue weighted by Gasteiger charge is -1.98. The molecule has 1 aliphatic heterocycles. The third-order valence-electron chi connectivity index (χ3n) is 1.59. The molecule has 0 radical (unpaired) electrons. The molecule has 0 bridgehead atoms. The molecule has 1 saturated heterocycles. The summed E-state index contributed by atoms with van der Waals surface area (Å²) in [6.45, 7) is 2.14. The van der Waals surface area contributed by atoms with Crippen molar-refractivity contribution < 1.29 is 4.79 Å². The van der Waals surface area contributed by atoms with Gasteiger partial charge in [-0.05, 0) is 25.4 Å². The third kappa shape index (κ3) is 1.30. The molecular weight excluding hydrogens is 102 g/mol. The fraction of sp³-hybridized carbons (Fsp3) is 0.833. The lowest BCUT2D eigenvalue weighted by atomic mass is 10.1. The second kappa shape index (κ2) is 2.82. The van der Waals surface area contributed by atoms with Crippen molar-refractivity contribution in [2.45, 2.75) is 12.8 Å². The molecule has 0 unspecified atom stereocenters. The Bertz CT molecular complexity index is 76.6. The van der Waals surface area contributed by atoms with Gasteiger partial charge in [-0.15, -0.1) is 0 Å². The van der Waals surface area contributed by atoms with E-state index in [2.05, 4.69) is 5.32 Å². The first-order chi connectivity index (χ1) is 3.93. The molecule has 1 heterocycles. The zero-order valence-electron chi connectivity index (χ0n) is 4.89. The van der Waals surface area contributed by atoms with Gasteiger partial charge in [0.15, 0.2) is 0 Å². The van der Waals surface area contributed by atoms with E-state index in [1.807, 2.05) is 0 Å². The van der Waals surface area contributed by atoms with Gasteiger partial charge in [-0.25, -0.2) is 0 Å². The predicted molar refractivity (Wildman–Crippen MR) is 31.7 cm³/mol. The van der Waals surface area contributed by atoms with Gasteiger partial charge in [0.2, 0.25) is 0 Å². The highest BCUT2D eigenvalue weighted by atomic mass is 16.1. The summed E-state index contributed by atoms with van der Waals surface area (Å²) >= 11 is 0. The Labute approximate surface area is 49.3 Å². The number of hydrogen-bond acceptors (Lipinski definition) is 2. The molecule has 0 aromatic carbocycles. The van der Waals surface area contributed by atoms with Crippen LogP contribution in [0.3, 0.4) is 0 Å². The zero-order valence-corrected chi connectivity index (χ0v) is 4.89. The van der Waals surface area contributed by atoms with Crippen molar-refractivity contribution in [2.24, 2.45) is 5.92 Å². The average molecular weight is 113 g/mol. The summed E-state index contributed by atoms with van der Waals surface area (Å²) in [4.78, 5) is 9.93. The Hall–Kier alpha value is -0.370. The molecule has 0 aliphatic carbocycles. The van der Waals surface area contributed by atoms with Crippen LogP contribution in [0.4, 0.5) is 0 Å². The maximum Gasteiger partial charge on any atom is 0.120 e. The topological polar surface area (TPSA) is 29.1 Å². The number of carbonyl (C=O) groups is 1. The van der Waals surface area contributed by atoms with E-state index >= 15 is 0 Å². The molecule has 0 spiro atoms. The van der Waals surface area contributed by atoms with Gasteiger partial charge in [-0.2, -0.15) is 0 Å². The molecule has 1 aliphatic rings. The standard InChI is InChI=1S/C6H11NO/c8-4-2-6-1-3-7-5-6/h4,6-7H,1-3,5H2/t6-/m1/s1. The van der Waals surface area contributed by atoms with E-state index in [0.29, 0.717) is 5.92 Å². The molecule has 1 fully saturated rings. The number of nitrogens with one attached hydrogen (secondary N) is 1. The van der Waals surface area contributed by atoms with Crippen molar-refractivity contribution in [1.29, 1.82) is 0 Å². The summed E-state index contributed by atoms with van der Waals surface area (Å²) in [5, 5.41) is 3.20. The van der Waals surface area contributed by atoms with Crippen molar-refractivity contribution in [2.75, 3.05) is 13.1 Å². The fourth-order valence-corrected chi connectivity index (χ4v) is 1.05. The van der Waals surface area contributed by atoms with Crippen molar-refractivity contribution in [3.63, 3.8) is 0 Å². The van der Waals surface area contributed by atoms with Gasteiger partial charge >= 0.3 is 0 Å². The lowest BCUT2D eigenvalue weighted by Crippen LogP contribution is -2.08. The van der Waals surface area contributed by atoms with Crippen LogP contribution in [0.1, 0.15) is 12.8 Å². The second-order valence-corrected chi connectivity index (χ2v) is 2.26. The monoisotopic (exact) mass is 113 g/mol. The molecule has 1 N–H and O–H groups in total. The highest BCUT2D eigenvalue weighted by Gasteiger charge is 2.12. The van der Waals surface area contributed by atoms with Crippen LogP contribution >= 0.6 is 0 Å². The van der Waals surface area contributed by atoms with Crippen LogP contribution in [0.2, 0.25) is 0 Å². The minimum atomic E-state index is 0.632. The normalized spacial score (nSPS) is 28.2. The van der Waals surface area contributed by atoms with E-state index in [9.17, 15) is 4.79 Å². The Morgan fingerprint density at radius 1 is 1.75 bits per heavy atom. The molecule has 1 atom stereocenters. The second-order valence-electron chi connectivity index (χ2n) is 2.26. The molecule has 0 aromatic heterocycles. The molecule has 0 saturated carbocycles. The van der Waals surface area contributed by atoms with Crippen molar-refractivity contribution in [3.8, 4) is 0 Å². The van der Waals surface area contributed by atoms with E-state index < -0.39 is 0 Å². The van der Waals surface area contributed by atoms with Gasteiger partial charge in [-0.3, -0.25) is 0 Å². The number of carbonyl (C=O) groups excluding carboxylic acids is 1.